The molecule has 1 atom stereocenters. The van der Waals surface area contributed by atoms with Crippen molar-refractivity contribution in [1.82, 2.24) is 10.6 Å². The molecular weight excluding hydrogens is 384 g/mol. The number of amides is 2. The van der Waals surface area contributed by atoms with Gasteiger partial charge in [-0.1, -0.05) is 12.1 Å². The van der Waals surface area contributed by atoms with Gasteiger partial charge in [0.15, 0.2) is 0 Å². The Morgan fingerprint density at radius 1 is 1.16 bits per heavy atom. The number of halogens is 1. The average Bonchev–Trinajstić information content (AvgIpc) is 3.03. The van der Waals surface area contributed by atoms with Gasteiger partial charge in [0, 0.05) is 35.9 Å². The summed E-state index contributed by atoms with van der Waals surface area (Å²) in [5.74, 6) is 0.0761. The number of nitrogens with one attached hydrogen (secondary N) is 3. The summed E-state index contributed by atoms with van der Waals surface area (Å²) in [7, 11) is 0. The smallest absolute Gasteiger partial charge is 0.243 e. The highest BCUT2D eigenvalue weighted by atomic mass is 79.9. The highest BCUT2D eigenvalue weighted by Gasteiger charge is 2.30. The van der Waals surface area contributed by atoms with E-state index in [9.17, 15) is 9.59 Å². The predicted octanol–water partition coefficient (Wildman–Crippen LogP) is 1.68. The van der Waals surface area contributed by atoms with Crippen molar-refractivity contribution < 1.29 is 9.59 Å². The van der Waals surface area contributed by atoms with E-state index in [0.29, 0.717) is 19.4 Å². The fourth-order valence-electron chi connectivity index (χ4n) is 3.62. The third kappa shape index (κ3) is 4.52. The van der Waals surface area contributed by atoms with Crippen LogP contribution in [0.2, 0.25) is 0 Å². The van der Waals surface area contributed by atoms with Crippen molar-refractivity contribution in [3.05, 3.63) is 28.2 Å². The number of hydrogen-bond donors (Lipinski definition) is 4. The molecule has 25 heavy (non-hydrogen) atoms. The lowest BCUT2D eigenvalue weighted by molar-refractivity contribution is -0.123. The van der Waals surface area contributed by atoms with Crippen molar-refractivity contribution >= 4 is 33.4 Å². The summed E-state index contributed by atoms with van der Waals surface area (Å²) in [5.41, 5.74) is 7.58. The first-order valence-corrected chi connectivity index (χ1v) is 9.70. The number of hydrogen-bond acceptors (Lipinski definition) is 4. The Morgan fingerprint density at radius 2 is 1.84 bits per heavy atom. The molecule has 1 aromatic carbocycles. The number of fused-ring (bicyclic) bond motifs is 1. The fraction of sp³-hybridized carbons (Fsp3) is 0.556. The average molecular weight is 409 g/mol. The molecule has 1 fully saturated rings. The van der Waals surface area contributed by atoms with E-state index in [-0.39, 0.29) is 29.9 Å². The molecule has 0 spiro atoms. The number of anilines is 1. The van der Waals surface area contributed by atoms with Crippen LogP contribution in [-0.4, -0.2) is 36.5 Å². The van der Waals surface area contributed by atoms with Crippen LogP contribution in [0.1, 0.15) is 37.7 Å². The van der Waals surface area contributed by atoms with Gasteiger partial charge in [-0.25, -0.2) is 0 Å². The molecular formula is C18H25BrN4O2. The van der Waals surface area contributed by atoms with Crippen molar-refractivity contribution in [2.45, 2.75) is 56.7 Å². The summed E-state index contributed by atoms with van der Waals surface area (Å²) in [6.45, 7) is 0.379. The standard InChI is InChI=1S/C18H25BrN4O2/c19-14-3-1-2-11-10-15(23-17(11)14)18(25)22-13-6-4-12(5-7-13)21-16(24)8-9-20/h1-3,12-13,15,23H,4-10,20H2,(H,21,24)(H,22,25)/t12-,13-,15?. The third-order valence-electron chi connectivity index (χ3n) is 4.97. The van der Waals surface area contributed by atoms with Crippen LogP contribution in [0.15, 0.2) is 22.7 Å². The molecule has 2 aliphatic rings. The predicted molar refractivity (Wildman–Crippen MR) is 101 cm³/mol. The lowest BCUT2D eigenvalue weighted by Crippen LogP contribution is -2.47. The van der Waals surface area contributed by atoms with Crippen molar-refractivity contribution in [1.29, 1.82) is 0 Å². The largest absolute Gasteiger partial charge is 0.372 e. The number of rotatable bonds is 5. The molecule has 2 amide bonds. The Bertz CT molecular complexity index is 644. The number of para-hydroxylation sites is 1. The maximum absolute atomic E-state index is 12.6. The zero-order valence-corrected chi connectivity index (χ0v) is 15.8. The fourth-order valence-corrected chi connectivity index (χ4v) is 4.14. The molecule has 5 N–H and O–H groups in total. The summed E-state index contributed by atoms with van der Waals surface area (Å²) in [6, 6.07) is 6.20. The first kappa shape index (κ1) is 18.2. The normalized spacial score (nSPS) is 25.0. The SMILES string of the molecule is NCCC(=O)N[C@H]1CC[C@H](NC(=O)C2Cc3cccc(Br)c3N2)CC1. The topological polar surface area (TPSA) is 96.2 Å². The minimum absolute atomic E-state index is 0.0217. The Labute approximate surface area is 156 Å². The van der Waals surface area contributed by atoms with Crippen molar-refractivity contribution in [3.8, 4) is 0 Å². The zero-order chi connectivity index (χ0) is 17.8. The van der Waals surface area contributed by atoms with Gasteiger partial charge in [-0.05, 0) is 53.2 Å². The Hall–Kier alpha value is -1.60. The molecule has 0 radical (unpaired) electrons. The molecule has 136 valence electrons. The van der Waals surface area contributed by atoms with E-state index in [1.54, 1.807) is 0 Å². The van der Waals surface area contributed by atoms with Gasteiger partial charge in [-0.3, -0.25) is 9.59 Å². The maximum atomic E-state index is 12.6. The molecule has 1 aliphatic carbocycles. The van der Waals surface area contributed by atoms with E-state index in [1.165, 1.54) is 5.56 Å². The minimum atomic E-state index is -0.212. The molecule has 0 aromatic heterocycles. The molecule has 1 unspecified atom stereocenters. The van der Waals surface area contributed by atoms with E-state index < -0.39 is 0 Å². The molecule has 1 aliphatic heterocycles. The van der Waals surface area contributed by atoms with Crippen LogP contribution in [0.5, 0.6) is 0 Å². The molecule has 7 heteroatoms. The monoisotopic (exact) mass is 408 g/mol. The van der Waals surface area contributed by atoms with Crippen LogP contribution in [0.3, 0.4) is 0 Å². The minimum Gasteiger partial charge on any atom is -0.372 e. The van der Waals surface area contributed by atoms with Gasteiger partial charge in [0.05, 0.1) is 5.69 Å². The number of nitrogens with two attached hydrogens (primary N) is 1. The summed E-state index contributed by atoms with van der Waals surface area (Å²) in [5, 5.41) is 9.50. The molecule has 0 bridgehead atoms. The van der Waals surface area contributed by atoms with E-state index >= 15 is 0 Å². The second-order valence-electron chi connectivity index (χ2n) is 6.84. The second kappa shape index (κ2) is 8.19. The first-order chi connectivity index (χ1) is 12.1. The van der Waals surface area contributed by atoms with Crippen molar-refractivity contribution in [3.63, 3.8) is 0 Å². The zero-order valence-electron chi connectivity index (χ0n) is 14.2. The van der Waals surface area contributed by atoms with E-state index in [1.807, 2.05) is 12.1 Å². The summed E-state index contributed by atoms with van der Waals surface area (Å²) < 4.78 is 0.994. The molecule has 1 saturated carbocycles. The number of benzene rings is 1. The third-order valence-corrected chi connectivity index (χ3v) is 5.63. The van der Waals surface area contributed by atoms with Gasteiger partial charge in [0.25, 0.3) is 0 Å². The molecule has 1 heterocycles. The summed E-state index contributed by atoms with van der Waals surface area (Å²) in [6.07, 6.45) is 4.66. The van der Waals surface area contributed by atoms with Crippen LogP contribution in [0, 0.1) is 0 Å². The van der Waals surface area contributed by atoms with Gasteiger partial charge < -0.3 is 21.7 Å². The highest BCUT2D eigenvalue weighted by Crippen LogP contribution is 2.33. The Kier molecular flexibility index (Phi) is 5.96. The van der Waals surface area contributed by atoms with Crippen LogP contribution < -0.4 is 21.7 Å². The highest BCUT2D eigenvalue weighted by molar-refractivity contribution is 9.10. The molecule has 1 aromatic rings. The molecule has 0 saturated heterocycles. The number of carbonyl (C=O) groups is 2. The molecule has 3 rings (SSSR count). The Balaban J connectivity index is 1.45. The van der Waals surface area contributed by atoms with Crippen LogP contribution in [0.4, 0.5) is 5.69 Å². The van der Waals surface area contributed by atoms with Crippen molar-refractivity contribution in [2.24, 2.45) is 5.73 Å². The maximum Gasteiger partial charge on any atom is 0.243 e. The van der Waals surface area contributed by atoms with Gasteiger partial charge in [0.1, 0.15) is 6.04 Å². The van der Waals surface area contributed by atoms with Crippen LogP contribution >= 0.6 is 15.9 Å². The Morgan fingerprint density at radius 3 is 2.48 bits per heavy atom. The van der Waals surface area contributed by atoms with Crippen LogP contribution in [0.25, 0.3) is 0 Å². The van der Waals surface area contributed by atoms with Gasteiger partial charge >= 0.3 is 0 Å². The van der Waals surface area contributed by atoms with Gasteiger partial charge in [-0.15, -0.1) is 0 Å². The lowest BCUT2D eigenvalue weighted by atomic mass is 9.90. The lowest BCUT2D eigenvalue weighted by Gasteiger charge is -2.30. The van der Waals surface area contributed by atoms with Crippen molar-refractivity contribution in [2.75, 3.05) is 11.9 Å². The van der Waals surface area contributed by atoms with Crippen LogP contribution in [-0.2, 0) is 16.0 Å². The van der Waals surface area contributed by atoms with E-state index in [2.05, 4.69) is 37.9 Å². The second-order valence-corrected chi connectivity index (χ2v) is 7.69. The molecule has 6 nitrogen and oxygen atoms in total. The van der Waals surface area contributed by atoms with Gasteiger partial charge in [-0.2, -0.15) is 0 Å². The summed E-state index contributed by atoms with van der Waals surface area (Å²) >= 11 is 3.52. The number of carbonyl (C=O) groups excluding carboxylic acids is 2. The summed E-state index contributed by atoms with van der Waals surface area (Å²) in [4.78, 5) is 24.2. The van der Waals surface area contributed by atoms with E-state index in [0.717, 1.165) is 35.8 Å². The quantitative estimate of drug-likeness (QED) is 0.595. The first-order valence-electron chi connectivity index (χ1n) is 8.90. The van der Waals surface area contributed by atoms with Gasteiger partial charge in [0.2, 0.25) is 11.8 Å². The van der Waals surface area contributed by atoms with E-state index in [4.69, 9.17) is 5.73 Å².